The zero-order valence-corrected chi connectivity index (χ0v) is 10.9. The van der Waals surface area contributed by atoms with Crippen molar-refractivity contribution >= 4 is 0 Å². The standard InChI is InChI=1S/C11H13N7O/c1-7-10(5-12-17(7)3)11-4-9(19-14-11)6-18-8(2)13-15-16-18/h4-5H,6H2,1-3H3. The van der Waals surface area contributed by atoms with Crippen molar-refractivity contribution in [3.8, 4) is 11.3 Å². The van der Waals surface area contributed by atoms with Crippen LogP contribution in [0.3, 0.4) is 0 Å². The van der Waals surface area contributed by atoms with E-state index in [-0.39, 0.29) is 0 Å². The summed E-state index contributed by atoms with van der Waals surface area (Å²) in [5, 5.41) is 19.5. The Balaban J connectivity index is 1.88. The molecule has 3 aromatic rings. The number of tetrazole rings is 1. The third-order valence-corrected chi connectivity index (χ3v) is 3.09. The average molecular weight is 259 g/mol. The lowest BCUT2D eigenvalue weighted by molar-refractivity contribution is 0.370. The van der Waals surface area contributed by atoms with Crippen molar-refractivity contribution in [1.29, 1.82) is 0 Å². The van der Waals surface area contributed by atoms with Gasteiger partial charge >= 0.3 is 0 Å². The minimum absolute atomic E-state index is 0.463. The van der Waals surface area contributed by atoms with Crippen LogP contribution in [0, 0.1) is 13.8 Å². The molecule has 0 saturated heterocycles. The number of hydrogen-bond donors (Lipinski definition) is 0. The number of nitrogens with zero attached hydrogens (tertiary/aromatic N) is 7. The number of rotatable bonds is 3. The predicted octanol–water partition coefficient (Wildman–Crippen LogP) is 0.727. The molecule has 0 saturated carbocycles. The summed E-state index contributed by atoms with van der Waals surface area (Å²) in [5.74, 6) is 1.43. The smallest absolute Gasteiger partial charge is 0.158 e. The quantitative estimate of drug-likeness (QED) is 0.689. The number of aryl methyl sites for hydroxylation is 2. The zero-order valence-electron chi connectivity index (χ0n) is 10.9. The van der Waals surface area contributed by atoms with Gasteiger partial charge in [-0.15, -0.1) is 5.10 Å². The molecule has 3 rings (SSSR count). The van der Waals surface area contributed by atoms with Crippen LogP contribution in [-0.2, 0) is 13.6 Å². The Bertz CT molecular complexity index is 708. The van der Waals surface area contributed by atoms with Gasteiger partial charge in [-0.25, -0.2) is 4.68 Å². The third-order valence-electron chi connectivity index (χ3n) is 3.09. The fourth-order valence-corrected chi connectivity index (χ4v) is 1.81. The molecule has 8 nitrogen and oxygen atoms in total. The summed E-state index contributed by atoms with van der Waals surface area (Å²) in [6.07, 6.45) is 1.78. The maximum atomic E-state index is 5.31. The lowest BCUT2D eigenvalue weighted by Gasteiger charge is -1.95. The van der Waals surface area contributed by atoms with E-state index < -0.39 is 0 Å². The summed E-state index contributed by atoms with van der Waals surface area (Å²) in [6.45, 7) is 4.29. The fraction of sp³-hybridized carbons (Fsp3) is 0.364. The molecule has 0 aliphatic carbocycles. The first kappa shape index (κ1) is 11.6. The second-order valence-corrected chi connectivity index (χ2v) is 4.33. The highest BCUT2D eigenvalue weighted by molar-refractivity contribution is 5.60. The minimum atomic E-state index is 0.463. The molecule has 0 spiro atoms. The highest BCUT2D eigenvalue weighted by Crippen LogP contribution is 2.22. The molecule has 0 bridgehead atoms. The Morgan fingerprint density at radius 3 is 2.79 bits per heavy atom. The minimum Gasteiger partial charge on any atom is -0.359 e. The molecule has 0 N–H and O–H groups in total. The van der Waals surface area contributed by atoms with Gasteiger partial charge in [-0.05, 0) is 24.3 Å². The largest absolute Gasteiger partial charge is 0.359 e. The van der Waals surface area contributed by atoms with E-state index in [2.05, 4.69) is 25.8 Å². The van der Waals surface area contributed by atoms with Crippen LogP contribution >= 0.6 is 0 Å². The first-order valence-corrected chi connectivity index (χ1v) is 5.82. The van der Waals surface area contributed by atoms with Gasteiger partial charge in [0.25, 0.3) is 0 Å². The summed E-state index contributed by atoms with van der Waals surface area (Å²) in [7, 11) is 1.89. The second kappa shape index (κ2) is 4.30. The van der Waals surface area contributed by atoms with Gasteiger partial charge in [-0.3, -0.25) is 4.68 Å². The van der Waals surface area contributed by atoms with Crippen LogP contribution in [0.5, 0.6) is 0 Å². The Hall–Kier alpha value is -2.51. The van der Waals surface area contributed by atoms with Crippen molar-refractivity contribution in [2.75, 3.05) is 0 Å². The van der Waals surface area contributed by atoms with Gasteiger partial charge in [0, 0.05) is 24.4 Å². The molecule has 0 fully saturated rings. The van der Waals surface area contributed by atoms with Gasteiger partial charge < -0.3 is 4.52 Å². The van der Waals surface area contributed by atoms with E-state index in [0.29, 0.717) is 12.3 Å². The maximum Gasteiger partial charge on any atom is 0.158 e. The molecular formula is C11H13N7O. The number of hydrogen-bond acceptors (Lipinski definition) is 6. The maximum absolute atomic E-state index is 5.31. The lowest BCUT2D eigenvalue weighted by atomic mass is 10.2. The summed E-state index contributed by atoms with van der Waals surface area (Å²) >= 11 is 0. The van der Waals surface area contributed by atoms with E-state index in [1.165, 1.54) is 0 Å². The van der Waals surface area contributed by atoms with Crippen LogP contribution in [0.4, 0.5) is 0 Å². The summed E-state index contributed by atoms with van der Waals surface area (Å²) < 4.78 is 8.76. The van der Waals surface area contributed by atoms with Crippen LogP contribution in [0.25, 0.3) is 11.3 Å². The molecular weight excluding hydrogens is 246 g/mol. The summed E-state index contributed by atoms with van der Waals surface area (Å²) in [6, 6.07) is 1.88. The van der Waals surface area contributed by atoms with Gasteiger partial charge in [0.05, 0.1) is 6.20 Å². The average Bonchev–Trinajstić information content (AvgIpc) is 3.06. The molecule has 0 aliphatic rings. The number of aromatic nitrogens is 7. The topological polar surface area (TPSA) is 87.4 Å². The molecule has 8 heteroatoms. The molecule has 0 unspecified atom stereocenters. The van der Waals surface area contributed by atoms with Gasteiger partial charge in [-0.1, -0.05) is 5.16 Å². The molecule has 3 aromatic heterocycles. The highest BCUT2D eigenvalue weighted by Gasteiger charge is 2.13. The molecule has 3 heterocycles. The predicted molar refractivity (Wildman–Crippen MR) is 65.1 cm³/mol. The van der Waals surface area contributed by atoms with Crippen molar-refractivity contribution in [2.45, 2.75) is 20.4 Å². The first-order valence-electron chi connectivity index (χ1n) is 5.82. The molecule has 0 aromatic carbocycles. The van der Waals surface area contributed by atoms with Crippen molar-refractivity contribution in [3.63, 3.8) is 0 Å². The van der Waals surface area contributed by atoms with Crippen LogP contribution in [0.15, 0.2) is 16.8 Å². The Morgan fingerprint density at radius 1 is 1.32 bits per heavy atom. The molecule has 98 valence electrons. The normalized spacial score (nSPS) is 11.1. The Kier molecular flexibility index (Phi) is 2.62. The Labute approximate surface area is 109 Å². The third kappa shape index (κ3) is 2.01. The van der Waals surface area contributed by atoms with Gasteiger partial charge in [0.1, 0.15) is 18.1 Å². The van der Waals surface area contributed by atoms with E-state index in [1.54, 1.807) is 15.6 Å². The summed E-state index contributed by atoms with van der Waals surface area (Å²) in [5.41, 5.74) is 2.77. The van der Waals surface area contributed by atoms with Crippen molar-refractivity contribution in [3.05, 3.63) is 29.5 Å². The lowest BCUT2D eigenvalue weighted by Crippen LogP contribution is -2.03. The molecule has 0 atom stereocenters. The Morgan fingerprint density at radius 2 is 2.16 bits per heavy atom. The van der Waals surface area contributed by atoms with Crippen LogP contribution < -0.4 is 0 Å². The van der Waals surface area contributed by atoms with Crippen LogP contribution in [-0.4, -0.2) is 35.1 Å². The SMILES string of the molecule is Cc1c(-c2cc(Cn3nnnc3C)on2)cnn1C. The van der Waals surface area contributed by atoms with Gasteiger partial charge in [0.15, 0.2) is 5.76 Å². The first-order chi connectivity index (χ1) is 9.15. The summed E-state index contributed by atoms with van der Waals surface area (Å²) in [4.78, 5) is 0. The molecule has 0 aliphatic heterocycles. The van der Waals surface area contributed by atoms with E-state index in [1.807, 2.05) is 27.0 Å². The van der Waals surface area contributed by atoms with E-state index in [0.717, 1.165) is 22.8 Å². The molecule has 0 amide bonds. The van der Waals surface area contributed by atoms with E-state index >= 15 is 0 Å². The van der Waals surface area contributed by atoms with Crippen molar-refractivity contribution in [1.82, 2.24) is 35.1 Å². The highest BCUT2D eigenvalue weighted by atomic mass is 16.5. The fourth-order valence-electron chi connectivity index (χ4n) is 1.81. The second-order valence-electron chi connectivity index (χ2n) is 4.33. The van der Waals surface area contributed by atoms with Crippen LogP contribution in [0.2, 0.25) is 0 Å². The van der Waals surface area contributed by atoms with E-state index in [9.17, 15) is 0 Å². The van der Waals surface area contributed by atoms with Gasteiger partial charge in [-0.2, -0.15) is 5.10 Å². The van der Waals surface area contributed by atoms with Crippen molar-refractivity contribution in [2.24, 2.45) is 7.05 Å². The molecule has 0 radical (unpaired) electrons. The van der Waals surface area contributed by atoms with E-state index in [4.69, 9.17) is 4.52 Å². The molecule has 19 heavy (non-hydrogen) atoms. The monoisotopic (exact) mass is 259 g/mol. The van der Waals surface area contributed by atoms with Gasteiger partial charge in [0.2, 0.25) is 0 Å². The zero-order chi connectivity index (χ0) is 13.4. The van der Waals surface area contributed by atoms with Crippen LogP contribution in [0.1, 0.15) is 17.3 Å². The van der Waals surface area contributed by atoms with Crippen molar-refractivity contribution < 1.29 is 4.52 Å².